The summed E-state index contributed by atoms with van der Waals surface area (Å²) in [5.41, 5.74) is 9.73. The van der Waals surface area contributed by atoms with Gasteiger partial charge in [0.2, 0.25) is 11.8 Å². The van der Waals surface area contributed by atoms with Crippen LogP contribution in [0.15, 0.2) is 48.8 Å². The number of aromatic nitrogens is 2. The number of nitrogens with two attached hydrogens (primary N) is 1. The third-order valence-electron chi connectivity index (χ3n) is 3.46. The summed E-state index contributed by atoms with van der Waals surface area (Å²) in [6.45, 7) is 6.03. The Balaban J connectivity index is 1.86. The fourth-order valence-corrected chi connectivity index (χ4v) is 2.35. The van der Waals surface area contributed by atoms with Gasteiger partial charge in [-0.15, -0.1) is 0 Å². The number of aryl methyl sites for hydroxylation is 3. The van der Waals surface area contributed by atoms with Crippen LogP contribution < -0.4 is 15.2 Å². The Morgan fingerprint density at radius 3 is 1.83 bits per heavy atom. The normalized spacial score (nSPS) is 10.5. The number of ether oxygens (including phenoxy) is 2. The Morgan fingerprint density at radius 2 is 1.25 bits per heavy atom. The zero-order valence-electron chi connectivity index (χ0n) is 13.9. The van der Waals surface area contributed by atoms with Gasteiger partial charge in [0.25, 0.3) is 0 Å². The van der Waals surface area contributed by atoms with Crippen LogP contribution in [0.4, 0.5) is 5.69 Å². The van der Waals surface area contributed by atoms with Crippen molar-refractivity contribution in [3.63, 3.8) is 0 Å². The molecule has 0 saturated carbocycles. The molecule has 0 aliphatic carbocycles. The molecule has 2 N–H and O–H groups in total. The maximum absolute atomic E-state index is 6.11. The van der Waals surface area contributed by atoms with E-state index in [9.17, 15) is 0 Å². The van der Waals surface area contributed by atoms with Crippen molar-refractivity contribution in [2.75, 3.05) is 5.73 Å². The molecular weight excluding hydrogens is 302 g/mol. The number of hydrogen-bond acceptors (Lipinski definition) is 5. The van der Waals surface area contributed by atoms with Gasteiger partial charge in [-0.3, -0.25) is 0 Å². The van der Waals surface area contributed by atoms with E-state index in [0.29, 0.717) is 11.5 Å². The zero-order chi connectivity index (χ0) is 17.1. The number of nitrogens with zero attached hydrogens (tertiary/aromatic N) is 2. The molecule has 3 rings (SSSR count). The number of nitrogen functional groups attached to an aromatic ring is 1. The number of rotatable bonds is 4. The predicted octanol–water partition coefficient (Wildman–Crippen LogP) is 4.57. The molecule has 0 saturated heterocycles. The molecule has 0 amide bonds. The van der Waals surface area contributed by atoms with Crippen molar-refractivity contribution in [2.24, 2.45) is 0 Å². The van der Waals surface area contributed by atoms with Gasteiger partial charge in [0, 0.05) is 0 Å². The van der Waals surface area contributed by atoms with Crippen molar-refractivity contribution >= 4 is 5.69 Å². The van der Waals surface area contributed by atoms with Gasteiger partial charge in [-0.2, -0.15) is 9.97 Å². The fourth-order valence-electron chi connectivity index (χ4n) is 2.35. The molecule has 2 aromatic carbocycles. The highest BCUT2D eigenvalue weighted by molar-refractivity contribution is 5.58. The Morgan fingerprint density at radius 1 is 0.708 bits per heavy atom. The van der Waals surface area contributed by atoms with Crippen LogP contribution in [0.2, 0.25) is 0 Å². The topological polar surface area (TPSA) is 70.3 Å². The summed E-state index contributed by atoms with van der Waals surface area (Å²) < 4.78 is 11.5. The van der Waals surface area contributed by atoms with E-state index in [1.807, 2.05) is 57.2 Å². The largest absolute Gasteiger partial charge is 0.437 e. The van der Waals surface area contributed by atoms with Crippen molar-refractivity contribution in [1.82, 2.24) is 9.97 Å². The summed E-state index contributed by atoms with van der Waals surface area (Å²) in [6.07, 6.45) is 1.37. The van der Waals surface area contributed by atoms with Gasteiger partial charge in [-0.1, -0.05) is 23.8 Å². The molecule has 1 aromatic heterocycles. The van der Waals surface area contributed by atoms with E-state index in [0.717, 1.165) is 16.7 Å². The van der Waals surface area contributed by atoms with E-state index >= 15 is 0 Å². The number of hydrogen-bond donors (Lipinski definition) is 1. The van der Waals surface area contributed by atoms with Gasteiger partial charge in [-0.05, 0) is 56.2 Å². The second kappa shape index (κ2) is 6.58. The van der Waals surface area contributed by atoms with Crippen LogP contribution >= 0.6 is 0 Å². The molecule has 0 fully saturated rings. The molecule has 122 valence electrons. The van der Waals surface area contributed by atoms with Crippen molar-refractivity contribution in [3.8, 4) is 23.3 Å². The lowest BCUT2D eigenvalue weighted by Crippen LogP contribution is -2.00. The third kappa shape index (κ3) is 3.63. The van der Waals surface area contributed by atoms with Gasteiger partial charge >= 0.3 is 0 Å². The molecule has 5 nitrogen and oxygen atoms in total. The predicted molar refractivity (Wildman–Crippen MR) is 93.7 cm³/mol. The van der Waals surface area contributed by atoms with Crippen LogP contribution in [-0.2, 0) is 0 Å². The first-order chi connectivity index (χ1) is 11.5. The summed E-state index contributed by atoms with van der Waals surface area (Å²) in [4.78, 5) is 8.21. The van der Waals surface area contributed by atoms with Crippen molar-refractivity contribution in [3.05, 3.63) is 65.5 Å². The molecule has 3 aromatic rings. The van der Waals surface area contributed by atoms with E-state index in [1.165, 1.54) is 6.33 Å². The van der Waals surface area contributed by atoms with Gasteiger partial charge < -0.3 is 15.2 Å². The molecule has 24 heavy (non-hydrogen) atoms. The molecule has 0 aliphatic heterocycles. The smallest absolute Gasteiger partial charge is 0.249 e. The molecule has 0 bridgehead atoms. The minimum absolute atomic E-state index is 0.261. The first kappa shape index (κ1) is 15.8. The summed E-state index contributed by atoms with van der Waals surface area (Å²) >= 11 is 0. The second-order valence-corrected chi connectivity index (χ2v) is 5.74. The monoisotopic (exact) mass is 321 g/mol. The quantitative estimate of drug-likeness (QED) is 0.762. The maximum Gasteiger partial charge on any atom is 0.249 e. The van der Waals surface area contributed by atoms with Crippen LogP contribution in [0.5, 0.6) is 23.3 Å². The van der Waals surface area contributed by atoms with Crippen molar-refractivity contribution in [1.29, 1.82) is 0 Å². The minimum Gasteiger partial charge on any atom is -0.437 e. The SMILES string of the molecule is Cc1ccc(Oc2ncnc(Oc3cc(C)cc(C)c3)c2N)cc1. The highest BCUT2D eigenvalue weighted by Crippen LogP contribution is 2.33. The van der Waals surface area contributed by atoms with Crippen LogP contribution in [0.3, 0.4) is 0 Å². The maximum atomic E-state index is 6.11. The van der Waals surface area contributed by atoms with E-state index in [1.54, 1.807) is 0 Å². The van der Waals surface area contributed by atoms with Crippen LogP contribution in [0.1, 0.15) is 16.7 Å². The lowest BCUT2D eigenvalue weighted by Gasteiger charge is -2.12. The Labute approximate surface area is 141 Å². The molecule has 0 unspecified atom stereocenters. The van der Waals surface area contributed by atoms with Crippen LogP contribution in [-0.4, -0.2) is 9.97 Å². The van der Waals surface area contributed by atoms with Crippen molar-refractivity contribution in [2.45, 2.75) is 20.8 Å². The van der Waals surface area contributed by atoms with Gasteiger partial charge in [0.05, 0.1) is 0 Å². The molecule has 5 heteroatoms. The van der Waals surface area contributed by atoms with Gasteiger partial charge in [0.1, 0.15) is 17.8 Å². The summed E-state index contributed by atoms with van der Waals surface area (Å²) in [7, 11) is 0. The zero-order valence-corrected chi connectivity index (χ0v) is 13.9. The third-order valence-corrected chi connectivity index (χ3v) is 3.46. The number of benzene rings is 2. The van der Waals surface area contributed by atoms with Crippen LogP contribution in [0, 0.1) is 20.8 Å². The fraction of sp³-hybridized carbons (Fsp3) is 0.158. The highest BCUT2D eigenvalue weighted by Gasteiger charge is 2.13. The Kier molecular flexibility index (Phi) is 4.33. The first-order valence-electron chi connectivity index (χ1n) is 7.62. The molecule has 1 heterocycles. The summed E-state index contributed by atoms with van der Waals surface area (Å²) in [5, 5.41) is 0. The molecule has 0 aliphatic rings. The van der Waals surface area contributed by atoms with Gasteiger partial charge in [-0.25, -0.2) is 0 Å². The average molecular weight is 321 g/mol. The van der Waals surface area contributed by atoms with Crippen LogP contribution in [0.25, 0.3) is 0 Å². The highest BCUT2D eigenvalue weighted by atomic mass is 16.5. The van der Waals surface area contributed by atoms with Gasteiger partial charge in [0.15, 0.2) is 5.69 Å². The van der Waals surface area contributed by atoms with E-state index in [2.05, 4.69) is 16.0 Å². The van der Waals surface area contributed by atoms with E-state index in [-0.39, 0.29) is 17.4 Å². The van der Waals surface area contributed by atoms with Crippen molar-refractivity contribution < 1.29 is 9.47 Å². The second-order valence-electron chi connectivity index (χ2n) is 5.74. The Hall–Kier alpha value is -3.08. The average Bonchev–Trinajstić information content (AvgIpc) is 2.52. The lowest BCUT2D eigenvalue weighted by atomic mass is 10.1. The van der Waals surface area contributed by atoms with E-state index in [4.69, 9.17) is 15.2 Å². The molecular formula is C19H19N3O2. The minimum atomic E-state index is 0.261. The number of anilines is 1. The van der Waals surface area contributed by atoms with E-state index < -0.39 is 0 Å². The molecule has 0 atom stereocenters. The first-order valence-corrected chi connectivity index (χ1v) is 7.62. The molecule has 0 spiro atoms. The Bertz CT molecular complexity index is 841. The lowest BCUT2D eigenvalue weighted by molar-refractivity contribution is 0.438. The summed E-state index contributed by atoms with van der Waals surface area (Å²) in [6, 6.07) is 13.6. The summed E-state index contributed by atoms with van der Waals surface area (Å²) in [5.74, 6) is 1.88. The molecule has 0 radical (unpaired) electrons. The standard InChI is InChI=1S/C19H19N3O2/c1-12-4-6-15(7-5-12)23-18-17(20)19(22-11-21-18)24-16-9-13(2)8-14(3)10-16/h4-11H,20H2,1-3H3.